The van der Waals surface area contributed by atoms with E-state index >= 15 is 0 Å². The van der Waals surface area contributed by atoms with Crippen molar-refractivity contribution >= 4 is 5.91 Å². The van der Waals surface area contributed by atoms with Crippen LogP contribution in [0.15, 0.2) is 109 Å². The van der Waals surface area contributed by atoms with Crippen LogP contribution >= 0.6 is 0 Å². The van der Waals surface area contributed by atoms with Crippen molar-refractivity contribution in [3.63, 3.8) is 0 Å². The predicted molar refractivity (Wildman–Crippen MR) is 401 cm³/mol. The fourth-order valence-corrected chi connectivity index (χ4v) is 12.2. The van der Waals surface area contributed by atoms with Gasteiger partial charge in [-0.1, -0.05) is 367 Å². The molecule has 1 aliphatic heterocycles. The maximum Gasteiger partial charge on any atom is 0.220 e. The van der Waals surface area contributed by atoms with Crippen molar-refractivity contribution in [1.29, 1.82) is 0 Å². The van der Waals surface area contributed by atoms with E-state index in [4.69, 9.17) is 9.47 Å². The minimum Gasteiger partial charge on any atom is -0.394 e. The van der Waals surface area contributed by atoms with Gasteiger partial charge >= 0.3 is 0 Å². The fourth-order valence-electron chi connectivity index (χ4n) is 12.2. The summed E-state index contributed by atoms with van der Waals surface area (Å²) < 4.78 is 11.3. The highest BCUT2D eigenvalue weighted by Gasteiger charge is 2.44. The molecule has 538 valence electrons. The molecule has 0 radical (unpaired) electrons. The number of carbonyl (C=O) groups excluding carboxylic acids is 1. The van der Waals surface area contributed by atoms with Gasteiger partial charge in [-0.05, 0) is 96.3 Å². The molecule has 0 spiro atoms. The first-order chi connectivity index (χ1) is 45.8. The predicted octanol–water partition coefficient (Wildman–Crippen LogP) is 22.8. The van der Waals surface area contributed by atoms with E-state index < -0.39 is 49.5 Å². The zero-order valence-electron chi connectivity index (χ0n) is 60.5. The van der Waals surface area contributed by atoms with Crippen molar-refractivity contribution in [1.82, 2.24) is 5.32 Å². The molecule has 1 fully saturated rings. The van der Waals surface area contributed by atoms with Gasteiger partial charge in [0.05, 0.1) is 25.4 Å². The number of aliphatic hydroxyl groups is 5. The summed E-state index contributed by atoms with van der Waals surface area (Å²) in [7, 11) is 0. The minimum absolute atomic E-state index is 0.187. The van der Waals surface area contributed by atoms with Gasteiger partial charge < -0.3 is 40.3 Å². The minimum atomic E-state index is -1.58. The zero-order chi connectivity index (χ0) is 67.1. The average molecular weight is 1300 g/mol. The highest BCUT2D eigenvalue weighted by Crippen LogP contribution is 2.23. The summed E-state index contributed by atoms with van der Waals surface area (Å²) in [6.07, 6.45) is 99.5. The highest BCUT2D eigenvalue weighted by atomic mass is 16.7. The van der Waals surface area contributed by atoms with Crippen molar-refractivity contribution < 1.29 is 39.8 Å². The molecule has 1 heterocycles. The van der Waals surface area contributed by atoms with Crippen molar-refractivity contribution in [2.24, 2.45) is 0 Å². The lowest BCUT2D eigenvalue weighted by atomic mass is 9.99. The summed E-state index contributed by atoms with van der Waals surface area (Å²) in [6, 6.07) is -0.834. The van der Waals surface area contributed by atoms with Gasteiger partial charge in [-0.15, -0.1) is 0 Å². The van der Waals surface area contributed by atoms with E-state index in [-0.39, 0.29) is 12.5 Å². The molecular formula is C84H149NO8. The van der Waals surface area contributed by atoms with Gasteiger partial charge in [0.25, 0.3) is 0 Å². The van der Waals surface area contributed by atoms with Gasteiger partial charge in [-0.2, -0.15) is 0 Å². The number of aliphatic hydroxyl groups excluding tert-OH is 5. The maximum absolute atomic E-state index is 13.2. The number of amides is 1. The molecule has 6 N–H and O–H groups in total. The van der Waals surface area contributed by atoms with Crippen LogP contribution in [0.5, 0.6) is 0 Å². The number of rotatable bonds is 69. The molecule has 0 aliphatic carbocycles. The van der Waals surface area contributed by atoms with Gasteiger partial charge in [0.2, 0.25) is 5.91 Å². The quantitative estimate of drug-likeness (QED) is 0.0261. The molecule has 1 aliphatic rings. The summed E-state index contributed by atoms with van der Waals surface area (Å²) in [6.45, 7) is 3.68. The molecule has 1 rings (SSSR count). The molecule has 7 unspecified atom stereocenters. The van der Waals surface area contributed by atoms with Gasteiger partial charge in [-0.3, -0.25) is 4.79 Å². The fraction of sp³-hybridized carbons (Fsp3) is 0.774. The second-order valence-corrected chi connectivity index (χ2v) is 27.1. The smallest absolute Gasteiger partial charge is 0.220 e. The Balaban J connectivity index is 2.09. The average Bonchev–Trinajstić information content (AvgIpc) is 1.00. The summed E-state index contributed by atoms with van der Waals surface area (Å²) in [4.78, 5) is 13.2. The van der Waals surface area contributed by atoms with Gasteiger partial charge in [0.1, 0.15) is 24.4 Å². The monoisotopic (exact) mass is 1300 g/mol. The summed E-state index contributed by atoms with van der Waals surface area (Å²) >= 11 is 0. The number of allylic oxidation sites excluding steroid dienone is 17. The van der Waals surface area contributed by atoms with Crippen LogP contribution in [0.4, 0.5) is 0 Å². The summed E-state index contributed by atoms with van der Waals surface area (Å²) in [5.74, 6) is -0.187. The van der Waals surface area contributed by atoms with E-state index in [1.165, 1.54) is 257 Å². The second kappa shape index (κ2) is 71.6. The van der Waals surface area contributed by atoms with E-state index in [1.807, 2.05) is 6.08 Å². The third-order valence-electron chi connectivity index (χ3n) is 18.3. The van der Waals surface area contributed by atoms with Crippen molar-refractivity contribution in [2.45, 2.75) is 403 Å². The van der Waals surface area contributed by atoms with E-state index in [9.17, 15) is 30.3 Å². The normalized spacial score (nSPS) is 18.2. The molecule has 7 atom stereocenters. The lowest BCUT2D eigenvalue weighted by Gasteiger charge is -2.40. The van der Waals surface area contributed by atoms with Crippen LogP contribution in [0.3, 0.4) is 0 Å². The summed E-state index contributed by atoms with van der Waals surface area (Å²) in [5.41, 5.74) is 0. The standard InChI is InChI=1S/C84H149NO8/c1-3-5-7-9-11-13-15-17-19-21-23-25-27-29-31-33-34-35-36-37-38-39-40-41-42-43-44-46-48-50-52-54-56-58-60-62-64-66-68-70-72-74-80(88)85-77(76-92-84-83(91)82(90)81(89)79(75-86)93-84)78(87)73-71-69-67-65-63-61-59-57-55-53-51-49-47-45-32-30-28-26-24-22-20-18-16-14-12-10-8-6-4-2/h5,7,11,13,17,19,23,25,29,31,34-35,55,57,63,65,71,73,77-79,81-84,86-87,89-91H,3-4,6,8-10,12,14-16,18,20-22,24,26-28,30,32-33,36-54,56,58-62,64,66-70,72,74-76H2,1-2H3,(H,85,88)/b7-5-,13-11-,19-17-,25-23-,31-29-,35-34-,57-55+,65-63+,73-71+. The van der Waals surface area contributed by atoms with Gasteiger partial charge in [-0.25, -0.2) is 0 Å². The number of unbranched alkanes of at least 4 members (excludes halogenated alkanes) is 43. The Morgan fingerprint density at radius 3 is 1.03 bits per heavy atom. The first-order valence-electron chi connectivity index (χ1n) is 39.6. The Morgan fingerprint density at radius 1 is 0.376 bits per heavy atom. The number of ether oxygens (including phenoxy) is 2. The molecule has 9 nitrogen and oxygen atoms in total. The molecule has 1 amide bonds. The Kier molecular flexibility index (Phi) is 67.7. The van der Waals surface area contributed by atoms with E-state index in [0.29, 0.717) is 6.42 Å². The summed E-state index contributed by atoms with van der Waals surface area (Å²) in [5, 5.41) is 54.9. The Bertz CT molecular complexity index is 1850. The van der Waals surface area contributed by atoms with E-state index in [0.717, 1.165) is 83.5 Å². The number of hydrogen-bond donors (Lipinski definition) is 6. The third-order valence-corrected chi connectivity index (χ3v) is 18.3. The molecule has 1 saturated heterocycles. The largest absolute Gasteiger partial charge is 0.394 e. The first-order valence-corrected chi connectivity index (χ1v) is 39.6. The van der Waals surface area contributed by atoms with Crippen molar-refractivity contribution in [3.05, 3.63) is 109 Å². The Labute approximate surface area is 574 Å². The van der Waals surface area contributed by atoms with Gasteiger partial charge in [0, 0.05) is 6.42 Å². The van der Waals surface area contributed by atoms with E-state index in [1.54, 1.807) is 6.08 Å². The highest BCUT2D eigenvalue weighted by molar-refractivity contribution is 5.76. The molecule has 9 heteroatoms. The van der Waals surface area contributed by atoms with Crippen LogP contribution < -0.4 is 5.32 Å². The zero-order valence-corrected chi connectivity index (χ0v) is 60.5. The molecule has 0 bridgehead atoms. The molecule has 0 saturated carbocycles. The number of nitrogens with one attached hydrogen (secondary N) is 1. The van der Waals surface area contributed by atoms with Crippen LogP contribution in [0.25, 0.3) is 0 Å². The molecule has 0 aromatic heterocycles. The first kappa shape index (κ1) is 87.9. The van der Waals surface area contributed by atoms with Crippen LogP contribution in [-0.4, -0.2) is 87.5 Å². The maximum atomic E-state index is 13.2. The lowest BCUT2D eigenvalue weighted by Crippen LogP contribution is -2.60. The Hall–Kier alpha value is -3.15. The van der Waals surface area contributed by atoms with Crippen molar-refractivity contribution in [3.8, 4) is 0 Å². The lowest BCUT2D eigenvalue weighted by molar-refractivity contribution is -0.302. The molecular weight excluding hydrogens is 1150 g/mol. The van der Waals surface area contributed by atoms with Crippen LogP contribution in [0, 0.1) is 0 Å². The number of hydrogen-bond acceptors (Lipinski definition) is 8. The second-order valence-electron chi connectivity index (χ2n) is 27.1. The van der Waals surface area contributed by atoms with Crippen LogP contribution in [0.1, 0.15) is 361 Å². The SMILES string of the molecule is CC/C=C\C/C=C\C/C=C\C/C=C\C/C=C\C/C=C\CCCCCCCCCCCCCCCCCCCCCCCCC(=O)NC(COC1OC(CO)C(O)C(O)C1O)C(O)/C=C/CC/C=C/CC/C=C/CCCCCCCCCCCCCCCCCCCCC. The third kappa shape index (κ3) is 59.8. The van der Waals surface area contributed by atoms with Crippen molar-refractivity contribution in [2.75, 3.05) is 13.2 Å². The Morgan fingerprint density at radius 2 is 0.677 bits per heavy atom. The van der Waals surface area contributed by atoms with Crippen LogP contribution in [-0.2, 0) is 14.3 Å². The van der Waals surface area contributed by atoms with E-state index in [2.05, 4.69) is 116 Å². The number of carbonyl (C=O) groups is 1. The molecule has 93 heavy (non-hydrogen) atoms. The molecule has 0 aromatic carbocycles. The van der Waals surface area contributed by atoms with Gasteiger partial charge in [0.15, 0.2) is 6.29 Å². The van der Waals surface area contributed by atoms with Crippen LogP contribution in [0.2, 0.25) is 0 Å². The topological polar surface area (TPSA) is 149 Å². The molecule has 0 aromatic rings.